The van der Waals surface area contributed by atoms with Crippen LogP contribution in [0.15, 0.2) is 194 Å². The third-order valence-electron chi connectivity index (χ3n) is 12.1. The summed E-state index contributed by atoms with van der Waals surface area (Å²) in [7, 11) is 0. The minimum absolute atomic E-state index is 0.113. The first-order valence-electron chi connectivity index (χ1n) is 30.9. The van der Waals surface area contributed by atoms with Crippen LogP contribution in [0.2, 0.25) is 0 Å². The van der Waals surface area contributed by atoms with Gasteiger partial charge in [-0.3, -0.25) is 14.4 Å². The van der Waals surface area contributed by atoms with Crippen molar-refractivity contribution >= 4 is 17.9 Å². The molecule has 0 aromatic heterocycles. The normalized spacial score (nSPS) is 13.5. The smallest absolute Gasteiger partial charge is 0.306 e. The van der Waals surface area contributed by atoms with E-state index in [9.17, 15) is 14.4 Å². The van der Waals surface area contributed by atoms with Crippen molar-refractivity contribution in [1.29, 1.82) is 0 Å². The number of allylic oxidation sites excluding steroid dienone is 32. The van der Waals surface area contributed by atoms with E-state index in [-0.39, 0.29) is 37.5 Å². The summed E-state index contributed by atoms with van der Waals surface area (Å²) >= 11 is 0. The summed E-state index contributed by atoms with van der Waals surface area (Å²) in [4.78, 5) is 37.9. The maximum atomic E-state index is 12.8. The zero-order valence-corrected chi connectivity index (χ0v) is 50.0. The van der Waals surface area contributed by atoms with Gasteiger partial charge in [-0.1, -0.05) is 254 Å². The Balaban J connectivity index is 4.27. The molecule has 79 heavy (non-hydrogen) atoms. The summed E-state index contributed by atoms with van der Waals surface area (Å²) in [6, 6.07) is 0. The van der Waals surface area contributed by atoms with Gasteiger partial charge in [0.2, 0.25) is 0 Å². The maximum Gasteiger partial charge on any atom is 0.306 e. The van der Waals surface area contributed by atoms with Gasteiger partial charge in [0.05, 0.1) is 0 Å². The molecular weight excluding hydrogens is 973 g/mol. The molecule has 1 atom stereocenters. The second-order valence-corrected chi connectivity index (χ2v) is 19.5. The fourth-order valence-corrected chi connectivity index (χ4v) is 7.53. The molecule has 6 heteroatoms. The first kappa shape index (κ1) is 73.2. The molecular formula is C73H110O6. The van der Waals surface area contributed by atoms with Gasteiger partial charge >= 0.3 is 17.9 Å². The molecule has 6 nitrogen and oxygen atoms in total. The summed E-state index contributed by atoms with van der Waals surface area (Å²) in [5.74, 6) is -1.01. The highest BCUT2D eigenvalue weighted by atomic mass is 16.6. The lowest BCUT2D eigenvalue weighted by atomic mass is 10.1. The molecule has 0 aliphatic carbocycles. The summed E-state index contributed by atoms with van der Waals surface area (Å²) in [5, 5.41) is 0. The van der Waals surface area contributed by atoms with Crippen LogP contribution >= 0.6 is 0 Å². The minimum Gasteiger partial charge on any atom is -0.462 e. The molecule has 0 aromatic carbocycles. The zero-order valence-electron chi connectivity index (χ0n) is 50.0. The molecule has 0 radical (unpaired) electrons. The molecule has 0 aliphatic rings. The Morgan fingerprint density at radius 1 is 0.266 bits per heavy atom. The summed E-state index contributed by atoms with van der Waals surface area (Å²) in [6.45, 7) is 6.24. The van der Waals surface area contributed by atoms with Crippen LogP contribution in [0.5, 0.6) is 0 Å². The van der Waals surface area contributed by atoms with Gasteiger partial charge in [0.15, 0.2) is 6.10 Å². The molecule has 0 bridgehead atoms. The first-order chi connectivity index (χ1) is 39.0. The number of carbonyl (C=O) groups excluding carboxylic acids is 3. The van der Waals surface area contributed by atoms with E-state index in [2.05, 4.69) is 215 Å². The number of esters is 3. The van der Waals surface area contributed by atoms with Crippen molar-refractivity contribution in [2.24, 2.45) is 0 Å². The molecule has 0 aromatic rings. The van der Waals surface area contributed by atoms with Crippen LogP contribution in [0, 0.1) is 0 Å². The van der Waals surface area contributed by atoms with Gasteiger partial charge in [0, 0.05) is 19.3 Å². The van der Waals surface area contributed by atoms with Gasteiger partial charge in [0.25, 0.3) is 0 Å². The fraction of sp³-hybridized carbons (Fsp3) is 0.521. The van der Waals surface area contributed by atoms with Crippen molar-refractivity contribution in [2.75, 3.05) is 13.2 Å². The van der Waals surface area contributed by atoms with E-state index in [1.807, 2.05) is 0 Å². The van der Waals surface area contributed by atoms with E-state index in [0.29, 0.717) is 19.3 Å². The Kier molecular flexibility index (Phi) is 60.1. The number of unbranched alkanes of at least 4 members (excludes halogenated alkanes) is 10. The largest absolute Gasteiger partial charge is 0.462 e. The van der Waals surface area contributed by atoms with Crippen molar-refractivity contribution in [3.05, 3.63) is 194 Å². The van der Waals surface area contributed by atoms with Crippen LogP contribution in [-0.2, 0) is 28.6 Å². The van der Waals surface area contributed by atoms with E-state index >= 15 is 0 Å². The molecule has 0 saturated heterocycles. The molecule has 0 rings (SSSR count). The van der Waals surface area contributed by atoms with Crippen molar-refractivity contribution in [3.8, 4) is 0 Å². The Labute approximate surface area is 484 Å². The third kappa shape index (κ3) is 63.0. The average Bonchev–Trinajstić information content (AvgIpc) is 3.45. The summed E-state index contributed by atoms with van der Waals surface area (Å²) < 4.78 is 16.7. The first-order valence-corrected chi connectivity index (χ1v) is 30.9. The van der Waals surface area contributed by atoms with E-state index in [4.69, 9.17) is 14.2 Å². The molecule has 0 fully saturated rings. The highest BCUT2D eigenvalue weighted by Crippen LogP contribution is 2.11. The van der Waals surface area contributed by atoms with E-state index in [1.54, 1.807) is 0 Å². The van der Waals surface area contributed by atoms with Crippen molar-refractivity contribution in [3.63, 3.8) is 0 Å². The Bertz CT molecular complexity index is 1920. The van der Waals surface area contributed by atoms with Gasteiger partial charge in [-0.2, -0.15) is 0 Å². The molecule has 0 saturated carbocycles. The molecule has 0 amide bonds. The zero-order chi connectivity index (χ0) is 57.1. The van der Waals surface area contributed by atoms with E-state index in [0.717, 1.165) is 180 Å². The van der Waals surface area contributed by atoms with Gasteiger partial charge < -0.3 is 14.2 Å². The van der Waals surface area contributed by atoms with E-state index in [1.165, 1.54) is 0 Å². The van der Waals surface area contributed by atoms with Crippen LogP contribution in [0.25, 0.3) is 0 Å². The molecule has 0 N–H and O–H groups in total. The molecule has 0 spiro atoms. The second kappa shape index (κ2) is 64.8. The molecule has 1 unspecified atom stereocenters. The van der Waals surface area contributed by atoms with Crippen LogP contribution in [0.4, 0.5) is 0 Å². The third-order valence-corrected chi connectivity index (χ3v) is 12.1. The van der Waals surface area contributed by atoms with Crippen LogP contribution in [0.3, 0.4) is 0 Å². The lowest BCUT2D eigenvalue weighted by Gasteiger charge is -2.18. The SMILES string of the molecule is CC/C=C\C/C=C\C/C=C\C/C=C\C/C=C\C/C=C\C/C=C\C/C=C\C/C=C\CCCCCC(=O)OCC(COC(=O)CCCCCCC)OC(=O)CCCCC/C=C\C/C=C\C/C=C\C/C=C\C/C=C\C/C=C\C/C=C\CC. The van der Waals surface area contributed by atoms with Gasteiger partial charge in [-0.05, 0) is 148 Å². The monoisotopic (exact) mass is 1080 g/mol. The van der Waals surface area contributed by atoms with Crippen molar-refractivity contribution in [2.45, 2.75) is 232 Å². The molecule has 438 valence electrons. The van der Waals surface area contributed by atoms with E-state index < -0.39 is 6.10 Å². The van der Waals surface area contributed by atoms with Gasteiger partial charge in [-0.25, -0.2) is 0 Å². The van der Waals surface area contributed by atoms with Gasteiger partial charge in [-0.15, -0.1) is 0 Å². The molecule has 0 aliphatic heterocycles. The minimum atomic E-state index is -0.819. The Morgan fingerprint density at radius 3 is 0.759 bits per heavy atom. The topological polar surface area (TPSA) is 78.9 Å². The highest BCUT2D eigenvalue weighted by molar-refractivity contribution is 5.71. The van der Waals surface area contributed by atoms with Gasteiger partial charge in [0.1, 0.15) is 13.2 Å². The average molecular weight is 1080 g/mol. The summed E-state index contributed by atoms with van der Waals surface area (Å²) in [5.41, 5.74) is 0. The summed E-state index contributed by atoms with van der Waals surface area (Å²) in [6.07, 6.45) is 99.0. The van der Waals surface area contributed by atoms with Crippen LogP contribution in [0.1, 0.15) is 226 Å². The predicted octanol–water partition coefficient (Wildman–Crippen LogP) is 21.4. The Morgan fingerprint density at radius 2 is 0.494 bits per heavy atom. The highest BCUT2D eigenvalue weighted by Gasteiger charge is 2.19. The van der Waals surface area contributed by atoms with Crippen LogP contribution < -0.4 is 0 Å². The number of carbonyl (C=O) groups is 3. The Hall–Kier alpha value is -5.75. The quantitative estimate of drug-likeness (QED) is 0.0261. The standard InChI is InChI=1S/C73H110O6/c1-4-7-10-13-15-17-19-21-23-25-27-29-31-33-34-35-36-37-38-40-41-43-45-47-49-51-53-55-57-60-63-66-72(75)78-69-70(68-77-71(74)65-62-59-12-9-6-3)79-73(76)67-64-61-58-56-54-52-50-48-46-44-42-39-32-30-28-26-24-22-20-18-16-14-11-8-5-2/h7-8,10-11,15-18,21-24,27-30,33-34,36-37,39-42,45-48,51-54,70H,4-6,9,12-14,19-20,25-26,31-32,35,38,43-44,49-50,55-69H2,1-3H3/b10-7-,11-8-,17-15-,18-16-,23-21-,24-22-,29-27-,30-28-,34-33-,37-36-,41-40-,42-39-,47-45-,48-46-,53-51-,54-52-. The second-order valence-electron chi connectivity index (χ2n) is 19.5. The lowest BCUT2D eigenvalue weighted by Crippen LogP contribution is -2.30. The lowest BCUT2D eigenvalue weighted by molar-refractivity contribution is -0.167. The number of hydrogen-bond acceptors (Lipinski definition) is 6. The number of hydrogen-bond donors (Lipinski definition) is 0. The fourth-order valence-electron chi connectivity index (χ4n) is 7.53. The van der Waals surface area contributed by atoms with Crippen molar-refractivity contribution < 1.29 is 28.6 Å². The number of ether oxygens (including phenoxy) is 3. The predicted molar refractivity (Wildman–Crippen MR) is 343 cm³/mol. The van der Waals surface area contributed by atoms with Crippen LogP contribution in [-0.4, -0.2) is 37.2 Å². The number of rotatable bonds is 53. The molecule has 0 heterocycles. The van der Waals surface area contributed by atoms with Crippen molar-refractivity contribution in [1.82, 2.24) is 0 Å². The maximum absolute atomic E-state index is 12.8.